The van der Waals surface area contributed by atoms with Gasteiger partial charge in [-0.1, -0.05) is 69.7 Å². The van der Waals surface area contributed by atoms with Crippen LogP contribution < -0.4 is 0 Å². The Morgan fingerprint density at radius 3 is 1.95 bits per heavy atom. The predicted octanol–water partition coefficient (Wildman–Crippen LogP) is 5.52. The van der Waals surface area contributed by atoms with Crippen LogP contribution in [0.15, 0.2) is 24.3 Å². The van der Waals surface area contributed by atoms with E-state index in [1.165, 1.54) is 62.5 Å². The maximum Gasteiger partial charge on any atom is 0.0716 e. The molecule has 0 aliphatic heterocycles. The molecule has 0 aliphatic carbocycles. The highest BCUT2D eigenvalue weighted by molar-refractivity contribution is 5.22. The van der Waals surface area contributed by atoms with Gasteiger partial charge >= 0.3 is 0 Å². The smallest absolute Gasteiger partial charge is 0.0716 e. The third-order valence-corrected chi connectivity index (χ3v) is 3.56. The summed E-state index contributed by atoms with van der Waals surface area (Å²) in [4.78, 5) is 0. The second kappa shape index (κ2) is 11.0. The first-order chi connectivity index (χ1) is 9.36. The molecule has 1 aromatic rings. The molecule has 0 N–H and O–H groups in total. The molecule has 19 heavy (non-hydrogen) atoms. The first-order valence-electron chi connectivity index (χ1n) is 8.02. The molecule has 0 spiro atoms. The van der Waals surface area contributed by atoms with E-state index in [1.807, 2.05) is 6.92 Å². The van der Waals surface area contributed by atoms with Crippen LogP contribution in [-0.4, -0.2) is 6.61 Å². The van der Waals surface area contributed by atoms with Crippen LogP contribution in [0.3, 0.4) is 0 Å². The number of aryl methyl sites for hydroxylation is 1. The van der Waals surface area contributed by atoms with Crippen LogP contribution in [0.25, 0.3) is 0 Å². The maximum absolute atomic E-state index is 5.40. The fraction of sp³-hybridized carbons (Fsp3) is 0.667. The zero-order valence-corrected chi connectivity index (χ0v) is 12.8. The van der Waals surface area contributed by atoms with Gasteiger partial charge in [-0.2, -0.15) is 0 Å². The van der Waals surface area contributed by atoms with Crippen molar-refractivity contribution in [3.05, 3.63) is 35.4 Å². The number of unbranched alkanes of at least 4 members (excludes halogenated alkanes) is 6. The quantitative estimate of drug-likeness (QED) is 0.477. The monoisotopic (exact) mass is 262 g/mol. The van der Waals surface area contributed by atoms with Crippen molar-refractivity contribution >= 4 is 0 Å². The Hall–Kier alpha value is -0.820. The first-order valence-corrected chi connectivity index (χ1v) is 8.02. The van der Waals surface area contributed by atoms with Crippen LogP contribution >= 0.6 is 0 Å². The average molecular weight is 262 g/mol. The van der Waals surface area contributed by atoms with Crippen LogP contribution in [0, 0.1) is 0 Å². The van der Waals surface area contributed by atoms with Gasteiger partial charge in [0, 0.05) is 6.61 Å². The van der Waals surface area contributed by atoms with E-state index in [1.54, 1.807) is 0 Å². The largest absolute Gasteiger partial charge is 0.377 e. The van der Waals surface area contributed by atoms with Crippen molar-refractivity contribution in [1.82, 2.24) is 0 Å². The lowest BCUT2D eigenvalue weighted by Gasteiger charge is -2.05. The zero-order valence-electron chi connectivity index (χ0n) is 12.8. The van der Waals surface area contributed by atoms with Crippen molar-refractivity contribution < 1.29 is 4.74 Å². The fourth-order valence-corrected chi connectivity index (χ4v) is 2.31. The molecule has 1 aromatic carbocycles. The van der Waals surface area contributed by atoms with E-state index in [9.17, 15) is 0 Å². The van der Waals surface area contributed by atoms with Gasteiger partial charge in [0.2, 0.25) is 0 Å². The van der Waals surface area contributed by atoms with Gasteiger partial charge in [0.25, 0.3) is 0 Å². The van der Waals surface area contributed by atoms with Crippen molar-refractivity contribution in [3.63, 3.8) is 0 Å². The van der Waals surface area contributed by atoms with Gasteiger partial charge in [-0.25, -0.2) is 0 Å². The average Bonchev–Trinajstić information content (AvgIpc) is 2.45. The molecule has 0 saturated carbocycles. The fourth-order valence-electron chi connectivity index (χ4n) is 2.31. The number of rotatable bonds is 11. The van der Waals surface area contributed by atoms with Gasteiger partial charge < -0.3 is 4.74 Å². The van der Waals surface area contributed by atoms with E-state index in [-0.39, 0.29) is 0 Å². The molecule has 0 amide bonds. The number of ether oxygens (including phenoxy) is 1. The third-order valence-electron chi connectivity index (χ3n) is 3.56. The van der Waals surface area contributed by atoms with Gasteiger partial charge in [0.05, 0.1) is 6.61 Å². The summed E-state index contributed by atoms with van der Waals surface area (Å²) >= 11 is 0. The molecule has 0 bridgehead atoms. The van der Waals surface area contributed by atoms with E-state index in [2.05, 4.69) is 31.2 Å². The summed E-state index contributed by atoms with van der Waals surface area (Å²) in [6.45, 7) is 5.85. The van der Waals surface area contributed by atoms with E-state index in [4.69, 9.17) is 4.74 Å². The summed E-state index contributed by atoms with van der Waals surface area (Å²) in [5.74, 6) is 0. The summed E-state index contributed by atoms with van der Waals surface area (Å²) in [6.07, 6.45) is 10.9. The van der Waals surface area contributed by atoms with E-state index in [0.29, 0.717) is 0 Å². The molecule has 0 unspecified atom stereocenters. The topological polar surface area (TPSA) is 9.23 Å². The molecule has 0 aromatic heterocycles. The number of benzene rings is 1. The predicted molar refractivity (Wildman–Crippen MR) is 83.5 cm³/mol. The normalized spacial score (nSPS) is 10.8. The maximum atomic E-state index is 5.40. The van der Waals surface area contributed by atoms with Crippen molar-refractivity contribution in [3.8, 4) is 0 Å². The van der Waals surface area contributed by atoms with E-state index >= 15 is 0 Å². The van der Waals surface area contributed by atoms with Gasteiger partial charge in [0.15, 0.2) is 0 Å². The minimum Gasteiger partial charge on any atom is -0.377 e. The molecular formula is C18H30O. The lowest BCUT2D eigenvalue weighted by Crippen LogP contribution is -1.92. The Kier molecular flexibility index (Phi) is 9.44. The molecule has 0 atom stereocenters. The Morgan fingerprint density at radius 1 is 0.737 bits per heavy atom. The SMILES string of the molecule is CCCCCCCCCc1ccc(COCC)cc1. The standard InChI is InChI=1S/C18H30O/c1-3-5-6-7-8-9-10-11-17-12-14-18(15-13-17)16-19-4-2/h12-15H,3-11,16H2,1-2H3. The Morgan fingerprint density at radius 2 is 1.32 bits per heavy atom. The lowest BCUT2D eigenvalue weighted by molar-refractivity contribution is 0.134. The Labute approximate surface area is 119 Å². The minimum absolute atomic E-state index is 0.744. The van der Waals surface area contributed by atoms with Crippen molar-refractivity contribution in [1.29, 1.82) is 0 Å². The third kappa shape index (κ3) is 8.05. The van der Waals surface area contributed by atoms with Crippen LogP contribution in [0.2, 0.25) is 0 Å². The highest BCUT2D eigenvalue weighted by atomic mass is 16.5. The summed E-state index contributed by atoms with van der Waals surface area (Å²) in [5.41, 5.74) is 2.75. The minimum atomic E-state index is 0.744. The first kappa shape index (κ1) is 16.2. The zero-order chi connectivity index (χ0) is 13.8. The van der Waals surface area contributed by atoms with Crippen molar-refractivity contribution in [2.45, 2.75) is 71.8 Å². The van der Waals surface area contributed by atoms with Gasteiger partial charge in [-0.15, -0.1) is 0 Å². The summed E-state index contributed by atoms with van der Waals surface area (Å²) < 4.78 is 5.40. The van der Waals surface area contributed by atoms with Crippen LogP contribution in [0.5, 0.6) is 0 Å². The van der Waals surface area contributed by atoms with E-state index < -0.39 is 0 Å². The highest BCUT2D eigenvalue weighted by Gasteiger charge is 1.96. The molecule has 0 fully saturated rings. The number of hydrogen-bond donors (Lipinski definition) is 0. The Bertz CT molecular complexity index is 302. The summed E-state index contributed by atoms with van der Waals surface area (Å²) in [6, 6.07) is 8.91. The van der Waals surface area contributed by atoms with Crippen LogP contribution in [-0.2, 0) is 17.8 Å². The molecule has 108 valence electrons. The highest BCUT2D eigenvalue weighted by Crippen LogP contribution is 2.12. The second-order valence-corrected chi connectivity index (χ2v) is 5.32. The Balaban J connectivity index is 2.09. The van der Waals surface area contributed by atoms with Gasteiger partial charge in [-0.3, -0.25) is 0 Å². The molecule has 1 heteroatoms. The molecule has 0 heterocycles. The molecular weight excluding hydrogens is 232 g/mol. The lowest BCUT2D eigenvalue weighted by atomic mass is 10.0. The molecule has 0 aliphatic rings. The second-order valence-electron chi connectivity index (χ2n) is 5.32. The number of hydrogen-bond acceptors (Lipinski definition) is 1. The molecule has 0 radical (unpaired) electrons. The molecule has 1 rings (SSSR count). The van der Waals surface area contributed by atoms with E-state index in [0.717, 1.165) is 13.2 Å². The van der Waals surface area contributed by atoms with Gasteiger partial charge in [-0.05, 0) is 30.9 Å². The van der Waals surface area contributed by atoms with Crippen LogP contribution in [0.1, 0.15) is 69.9 Å². The molecule has 1 nitrogen and oxygen atoms in total. The van der Waals surface area contributed by atoms with Crippen molar-refractivity contribution in [2.75, 3.05) is 6.61 Å². The van der Waals surface area contributed by atoms with Gasteiger partial charge in [0.1, 0.15) is 0 Å². The van der Waals surface area contributed by atoms with Crippen molar-refractivity contribution in [2.24, 2.45) is 0 Å². The summed E-state index contributed by atoms with van der Waals surface area (Å²) in [7, 11) is 0. The van der Waals surface area contributed by atoms with Crippen LogP contribution in [0.4, 0.5) is 0 Å². The summed E-state index contributed by atoms with van der Waals surface area (Å²) in [5, 5.41) is 0. The molecule has 0 saturated heterocycles.